The Morgan fingerprint density at radius 2 is 1.68 bits per heavy atom. The number of hydrogen-bond acceptors (Lipinski definition) is 4. The zero-order chi connectivity index (χ0) is 20.0. The molecule has 154 valence electrons. The maximum absolute atomic E-state index is 6.44. The third-order valence-corrected chi connectivity index (χ3v) is 21.4. The van der Waals surface area contributed by atoms with Gasteiger partial charge in [0, 0.05) is 0 Å². The van der Waals surface area contributed by atoms with Gasteiger partial charge in [-0.15, -0.1) is 0 Å². The van der Waals surface area contributed by atoms with E-state index in [-0.39, 0.29) is 0 Å². The Bertz CT molecular complexity index is 749. The Morgan fingerprint density at radius 1 is 1.04 bits per heavy atom. The molecule has 2 aromatic rings. The molecule has 0 bridgehead atoms. The molecule has 28 heavy (non-hydrogen) atoms. The third-order valence-electron chi connectivity index (χ3n) is 6.32. The van der Waals surface area contributed by atoms with Crippen molar-refractivity contribution in [2.45, 2.75) is 92.0 Å². The van der Waals surface area contributed by atoms with Gasteiger partial charge in [-0.3, -0.25) is 0 Å². The van der Waals surface area contributed by atoms with Gasteiger partial charge in [-0.05, 0) is 0 Å². The molecule has 0 unspecified atom stereocenters. The Hall–Kier alpha value is -1.11. The number of rotatable bonds is 11. The van der Waals surface area contributed by atoms with Crippen LogP contribution in [0.1, 0.15) is 71.4 Å². The van der Waals surface area contributed by atoms with Gasteiger partial charge in [-0.2, -0.15) is 0 Å². The minimum atomic E-state index is -2.56. The molecule has 3 rings (SSSR count). The minimum absolute atomic E-state index is 0.752. The average molecular weight is 490 g/mol. The van der Waals surface area contributed by atoms with Crippen molar-refractivity contribution in [3.63, 3.8) is 0 Å². The molecule has 6 heteroatoms. The van der Waals surface area contributed by atoms with Crippen molar-refractivity contribution in [2.24, 2.45) is 0 Å². The van der Waals surface area contributed by atoms with Crippen LogP contribution < -0.4 is 9.44 Å². The first-order valence-electron chi connectivity index (χ1n) is 11.3. The molecule has 0 aliphatic carbocycles. The fourth-order valence-electron chi connectivity index (χ4n) is 4.59. The molecule has 0 spiro atoms. The second kappa shape index (κ2) is 10.1. The molecule has 0 atom stereocenters. The predicted octanol–water partition coefficient (Wildman–Crippen LogP) is 4.92. The number of aromatic nitrogens is 4. The van der Waals surface area contributed by atoms with Crippen LogP contribution in [-0.2, 0) is 13.0 Å². The van der Waals surface area contributed by atoms with Gasteiger partial charge in [0.2, 0.25) is 0 Å². The summed E-state index contributed by atoms with van der Waals surface area (Å²) < 4.78 is 7.70. The number of nitrogens with zero attached hydrogens (tertiary/aromatic N) is 4. The fourth-order valence-corrected chi connectivity index (χ4v) is 20.0. The SMILES string of the molecule is CCC[CH2][Sn]([CH2]CCC)([CH2]CCC)[c]1ccnc(-c2nn3c(c2N)CCC3)n1. The van der Waals surface area contributed by atoms with Gasteiger partial charge in [0.1, 0.15) is 0 Å². The topological polar surface area (TPSA) is 69.6 Å². The molecule has 0 aromatic carbocycles. The van der Waals surface area contributed by atoms with Crippen LogP contribution in [0, 0.1) is 0 Å². The van der Waals surface area contributed by atoms with Crippen molar-refractivity contribution in [1.29, 1.82) is 0 Å². The molecule has 0 radical (unpaired) electrons. The Labute approximate surface area is 174 Å². The number of hydrogen-bond donors (Lipinski definition) is 1. The van der Waals surface area contributed by atoms with E-state index >= 15 is 0 Å². The first kappa shape index (κ1) is 21.6. The standard InChI is InChI=1S/C10H10N5.3C4H9.Sn/c11-8-7-3-1-6-15(7)14-9(8)10-12-4-2-5-13-10;3*1-3-4-2;/h2,4H,1,3,6,11H2;3*1,3-4H2,2H3;. The fraction of sp³-hybridized carbons (Fsp3) is 0.682. The van der Waals surface area contributed by atoms with Crippen LogP contribution in [0.15, 0.2) is 12.3 Å². The van der Waals surface area contributed by atoms with Crippen LogP contribution in [-0.4, -0.2) is 38.1 Å². The van der Waals surface area contributed by atoms with Gasteiger partial charge >= 0.3 is 175 Å². The monoisotopic (exact) mass is 491 g/mol. The molecule has 0 saturated carbocycles. The molecular weight excluding hydrogens is 453 g/mol. The summed E-state index contributed by atoms with van der Waals surface area (Å²) in [7, 11) is 0. The van der Waals surface area contributed by atoms with E-state index in [9.17, 15) is 0 Å². The predicted molar refractivity (Wildman–Crippen MR) is 121 cm³/mol. The molecule has 0 saturated heterocycles. The van der Waals surface area contributed by atoms with Crippen molar-refractivity contribution in [1.82, 2.24) is 19.7 Å². The third kappa shape index (κ3) is 4.55. The summed E-state index contributed by atoms with van der Waals surface area (Å²) in [5.74, 6) is 0.752. The van der Waals surface area contributed by atoms with E-state index < -0.39 is 18.4 Å². The van der Waals surface area contributed by atoms with Crippen LogP contribution in [0.3, 0.4) is 0 Å². The second-order valence-electron chi connectivity index (χ2n) is 8.39. The summed E-state index contributed by atoms with van der Waals surface area (Å²) in [4.78, 5) is 9.78. The van der Waals surface area contributed by atoms with Crippen molar-refractivity contribution < 1.29 is 0 Å². The van der Waals surface area contributed by atoms with Gasteiger partial charge in [0.25, 0.3) is 0 Å². The molecule has 0 amide bonds. The van der Waals surface area contributed by atoms with E-state index in [1.54, 1.807) is 0 Å². The van der Waals surface area contributed by atoms with E-state index in [0.29, 0.717) is 0 Å². The van der Waals surface area contributed by atoms with E-state index in [2.05, 4.69) is 36.5 Å². The summed E-state index contributed by atoms with van der Waals surface area (Å²) >= 11 is -2.56. The average Bonchev–Trinajstić information content (AvgIpc) is 3.31. The van der Waals surface area contributed by atoms with Crippen LogP contribution >= 0.6 is 0 Å². The summed E-state index contributed by atoms with van der Waals surface area (Å²) in [6.45, 7) is 7.91. The Morgan fingerprint density at radius 3 is 2.25 bits per heavy atom. The number of fused-ring (bicyclic) bond motifs is 1. The van der Waals surface area contributed by atoms with Gasteiger partial charge in [0.05, 0.1) is 0 Å². The number of nitrogen functional groups attached to an aromatic ring is 1. The zero-order valence-electron chi connectivity index (χ0n) is 18.0. The van der Waals surface area contributed by atoms with E-state index in [4.69, 9.17) is 15.8 Å². The first-order chi connectivity index (χ1) is 13.6. The van der Waals surface area contributed by atoms with E-state index in [0.717, 1.165) is 36.6 Å². The maximum atomic E-state index is 6.44. The van der Waals surface area contributed by atoms with Gasteiger partial charge in [0.15, 0.2) is 0 Å². The quantitative estimate of drug-likeness (QED) is 0.454. The number of anilines is 1. The number of aryl methyl sites for hydroxylation is 1. The molecule has 1 aliphatic heterocycles. The summed E-state index contributed by atoms with van der Waals surface area (Å²) in [5.41, 5.74) is 9.21. The normalized spacial score (nSPS) is 13.8. The molecule has 3 heterocycles. The zero-order valence-corrected chi connectivity index (χ0v) is 20.9. The molecular formula is C22H37N5Sn. The van der Waals surface area contributed by atoms with Crippen LogP contribution in [0.25, 0.3) is 11.5 Å². The van der Waals surface area contributed by atoms with E-state index in [1.807, 2.05) is 6.20 Å². The van der Waals surface area contributed by atoms with Crippen molar-refractivity contribution >= 4 is 27.8 Å². The molecule has 0 fully saturated rings. The van der Waals surface area contributed by atoms with Crippen LogP contribution in [0.5, 0.6) is 0 Å². The van der Waals surface area contributed by atoms with Crippen molar-refractivity contribution in [3.8, 4) is 11.5 Å². The van der Waals surface area contributed by atoms with Gasteiger partial charge in [-0.1, -0.05) is 0 Å². The molecule has 5 nitrogen and oxygen atoms in total. The first-order valence-corrected chi connectivity index (χ1v) is 18.8. The number of nitrogens with two attached hydrogens (primary N) is 1. The molecule has 2 aromatic heterocycles. The van der Waals surface area contributed by atoms with Crippen LogP contribution in [0.4, 0.5) is 5.69 Å². The Kier molecular flexibility index (Phi) is 7.77. The number of unbranched alkanes of at least 4 members (excludes halogenated alkanes) is 3. The van der Waals surface area contributed by atoms with E-state index in [1.165, 1.54) is 61.2 Å². The Balaban J connectivity index is 1.99. The van der Waals surface area contributed by atoms with Crippen molar-refractivity contribution in [3.05, 3.63) is 18.0 Å². The van der Waals surface area contributed by atoms with Crippen molar-refractivity contribution in [2.75, 3.05) is 5.73 Å². The summed E-state index contributed by atoms with van der Waals surface area (Å²) in [6.07, 6.45) is 12.0. The second-order valence-corrected chi connectivity index (χ2v) is 21.4. The summed E-state index contributed by atoms with van der Waals surface area (Å²) in [6, 6.07) is 2.24. The summed E-state index contributed by atoms with van der Waals surface area (Å²) in [5, 5.41) is 4.76. The van der Waals surface area contributed by atoms with Crippen LogP contribution in [0.2, 0.25) is 13.3 Å². The molecule has 1 aliphatic rings. The van der Waals surface area contributed by atoms with Gasteiger partial charge < -0.3 is 0 Å². The van der Waals surface area contributed by atoms with Gasteiger partial charge in [-0.25, -0.2) is 0 Å². The molecule has 2 N–H and O–H groups in total.